The van der Waals surface area contributed by atoms with E-state index >= 15 is 0 Å². The van der Waals surface area contributed by atoms with Crippen molar-refractivity contribution in [1.29, 1.82) is 0 Å². The molecule has 0 saturated heterocycles. The van der Waals surface area contributed by atoms with E-state index in [4.69, 9.17) is 4.74 Å². The zero-order valence-corrected chi connectivity index (χ0v) is 6.31. The van der Waals surface area contributed by atoms with Gasteiger partial charge in [0.1, 0.15) is 11.9 Å². The summed E-state index contributed by atoms with van der Waals surface area (Å²) in [6.07, 6.45) is 2.63. The summed E-state index contributed by atoms with van der Waals surface area (Å²) in [6, 6.07) is 3.30. The molecular formula is C9H7F2O. The molecule has 0 amide bonds. The Morgan fingerprint density at radius 2 is 1.92 bits per heavy atom. The van der Waals surface area contributed by atoms with Crippen LogP contribution in [0.2, 0.25) is 0 Å². The van der Waals surface area contributed by atoms with Crippen molar-refractivity contribution in [1.82, 2.24) is 0 Å². The molecule has 0 bridgehead atoms. The molecule has 63 valence electrons. The highest BCUT2D eigenvalue weighted by Crippen LogP contribution is 2.35. The Hall–Kier alpha value is -1.12. The summed E-state index contributed by atoms with van der Waals surface area (Å²) in [7, 11) is 0. The predicted octanol–water partition coefficient (Wildman–Crippen LogP) is 2.67. The lowest BCUT2D eigenvalue weighted by Crippen LogP contribution is -1.92. The molecule has 3 heteroatoms. The molecule has 0 aromatic heterocycles. The van der Waals surface area contributed by atoms with E-state index in [0.29, 0.717) is 0 Å². The van der Waals surface area contributed by atoms with Gasteiger partial charge in [-0.2, -0.15) is 0 Å². The maximum Gasteiger partial charge on any atom is 0.168 e. The fourth-order valence-corrected chi connectivity index (χ4v) is 0.867. The first-order chi connectivity index (χ1) is 5.75. The van der Waals surface area contributed by atoms with Crippen LogP contribution in [0.1, 0.15) is 12.8 Å². The minimum absolute atomic E-state index is 0.115. The number of halogens is 2. The second-order valence-corrected chi connectivity index (χ2v) is 2.72. The van der Waals surface area contributed by atoms with Gasteiger partial charge in [-0.1, -0.05) is 0 Å². The molecule has 1 fully saturated rings. The fraction of sp³-hybridized carbons (Fsp3) is 0.222. The van der Waals surface area contributed by atoms with Crippen molar-refractivity contribution >= 4 is 0 Å². The van der Waals surface area contributed by atoms with Crippen LogP contribution in [0.15, 0.2) is 18.2 Å². The molecule has 0 spiro atoms. The molecule has 2 rings (SSSR count). The van der Waals surface area contributed by atoms with Gasteiger partial charge in [-0.15, -0.1) is 0 Å². The normalized spacial score (nSPS) is 16.2. The second-order valence-electron chi connectivity index (χ2n) is 2.72. The van der Waals surface area contributed by atoms with Gasteiger partial charge in [0.15, 0.2) is 11.6 Å². The van der Waals surface area contributed by atoms with Crippen LogP contribution in [0.4, 0.5) is 8.78 Å². The van der Waals surface area contributed by atoms with E-state index in [1.165, 1.54) is 12.1 Å². The van der Waals surface area contributed by atoms with Crippen molar-refractivity contribution in [2.24, 2.45) is 0 Å². The molecule has 1 aromatic rings. The third-order valence-electron chi connectivity index (χ3n) is 1.60. The Morgan fingerprint density at radius 1 is 1.17 bits per heavy atom. The van der Waals surface area contributed by atoms with E-state index in [9.17, 15) is 8.78 Å². The SMILES string of the molecule is Fc1ccc(O[C]2CC2)c(F)c1. The molecule has 1 saturated carbocycles. The summed E-state index contributed by atoms with van der Waals surface area (Å²) < 4.78 is 30.3. The van der Waals surface area contributed by atoms with Crippen LogP contribution in [0.3, 0.4) is 0 Å². The van der Waals surface area contributed by atoms with E-state index in [2.05, 4.69) is 0 Å². The second kappa shape index (κ2) is 2.73. The highest BCUT2D eigenvalue weighted by molar-refractivity contribution is 5.26. The molecule has 1 nitrogen and oxygen atoms in total. The monoisotopic (exact) mass is 169 g/mol. The van der Waals surface area contributed by atoms with Crippen LogP contribution in [0, 0.1) is 17.7 Å². The average Bonchev–Trinajstić information content (AvgIpc) is 2.79. The van der Waals surface area contributed by atoms with Crippen LogP contribution in [0.25, 0.3) is 0 Å². The minimum Gasteiger partial charge on any atom is -0.480 e. The van der Waals surface area contributed by atoms with Crippen LogP contribution >= 0.6 is 0 Å². The summed E-state index contributed by atoms with van der Waals surface area (Å²) in [5, 5.41) is 0. The van der Waals surface area contributed by atoms with Crippen molar-refractivity contribution in [2.75, 3.05) is 0 Å². The molecule has 1 aromatic carbocycles. The first-order valence-electron chi connectivity index (χ1n) is 3.73. The maximum absolute atomic E-state index is 12.9. The molecule has 0 N–H and O–H groups in total. The number of hydrogen-bond donors (Lipinski definition) is 0. The number of hydrogen-bond acceptors (Lipinski definition) is 1. The van der Waals surface area contributed by atoms with E-state index in [1.807, 2.05) is 0 Å². The Labute approximate surface area is 69.0 Å². The highest BCUT2D eigenvalue weighted by atomic mass is 19.1. The molecule has 1 aliphatic carbocycles. The third-order valence-corrected chi connectivity index (χ3v) is 1.60. The summed E-state index contributed by atoms with van der Waals surface area (Å²) in [6.45, 7) is 0. The maximum atomic E-state index is 12.9. The van der Waals surface area contributed by atoms with Gasteiger partial charge in [-0.3, -0.25) is 0 Å². The number of rotatable bonds is 2. The molecule has 12 heavy (non-hydrogen) atoms. The van der Waals surface area contributed by atoms with E-state index in [0.717, 1.165) is 25.0 Å². The lowest BCUT2D eigenvalue weighted by atomic mass is 10.3. The average molecular weight is 169 g/mol. The van der Waals surface area contributed by atoms with Crippen molar-refractivity contribution < 1.29 is 13.5 Å². The molecule has 0 aliphatic heterocycles. The fourth-order valence-electron chi connectivity index (χ4n) is 0.867. The lowest BCUT2D eigenvalue weighted by Gasteiger charge is -2.03. The van der Waals surface area contributed by atoms with Crippen LogP contribution in [-0.2, 0) is 0 Å². The Morgan fingerprint density at radius 3 is 2.50 bits per heavy atom. The molecule has 0 unspecified atom stereocenters. The number of benzene rings is 1. The van der Waals surface area contributed by atoms with Gasteiger partial charge < -0.3 is 4.74 Å². The molecule has 0 atom stereocenters. The number of ether oxygens (including phenoxy) is 1. The summed E-state index contributed by atoms with van der Waals surface area (Å²) in [5.74, 6) is -1.11. The van der Waals surface area contributed by atoms with Crippen molar-refractivity contribution in [2.45, 2.75) is 12.8 Å². The van der Waals surface area contributed by atoms with Gasteiger partial charge in [0.05, 0.1) is 0 Å². The van der Waals surface area contributed by atoms with Gasteiger partial charge in [0.25, 0.3) is 0 Å². The zero-order chi connectivity index (χ0) is 8.55. The van der Waals surface area contributed by atoms with Gasteiger partial charge in [-0.25, -0.2) is 8.78 Å². The van der Waals surface area contributed by atoms with E-state index in [1.54, 1.807) is 0 Å². The Bertz CT molecular complexity index is 295. The largest absolute Gasteiger partial charge is 0.480 e. The third kappa shape index (κ3) is 1.55. The summed E-state index contributed by atoms with van der Waals surface area (Å²) >= 11 is 0. The van der Waals surface area contributed by atoms with E-state index in [-0.39, 0.29) is 5.75 Å². The standard InChI is InChI=1S/C9H7F2O/c10-6-1-4-9(8(11)5-6)12-7-2-3-7/h1,4-5H,2-3H2. The smallest absolute Gasteiger partial charge is 0.168 e. The molecule has 1 aliphatic rings. The molecular weight excluding hydrogens is 162 g/mol. The van der Waals surface area contributed by atoms with Crippen molar-refractivity contribution in [3.8, 4) is 5.75 Å². The topological polar surface area (TPSA) is 9.23 Å². The van der Waals surface area contributed by atoms with Gasteiger partial charge in [0, 0.05) is 6.07 Å². The highest BCUT2D eigenvalue weighted by Gasteiger charge is 2.26. The quantitative estimate of drug-likeness (QED) is 0.661. The summed E-state index contributed by atoms with van der Waals surface area (Å²) in [5.41, 5.74) is 0. The summed E-state index contributed by atoms with van der Waals surface area (Å²) in [4.78, 5) is 0. The zero-order valence-electron chi connectivity index (χ0n) is 6.31. The first kappa shape index (κ1) is 7.53. The van der Waals surface area contributed by atoms with Crippen molar-refractivity contribution in [3.63, 3.8) is 0 Å². The van der Waals surface area contributed by atoms with Gasteiger partial charge in [0.2, 0.25) is 0 Å². The Balaban J connectivity index is 2.18. The van der Waals surface area contributed by atoms with Gasteiger partial charge >= 0.3 is 0 Å². The van der Waals surface area contributed by atoms with Gasteiger partial charge in [-0.05, 0) is 25.0 Å². The van der Waals surface area contributed by atoms with Crippen LogP contribution in [-0.4, -0.2) is 0 Å². The van der Waals surface area contributed by atoms with Crippen LogP contribution < -0.4 is 4.74 Å². The van der Waals surface area contributed by atoms with Crippen molar-refractivity contribution in [3.05, 3.63) is 35.9 Å². The van der Waals surface area contributed by atoms with E-state index < -0.39 is 11.6 Å². The molecule has 1 radical (unpaired) electrons. The van der Waals surface area contributed by atoms with Crippen LogP contribution in [0.5, 0.6) is 5.75 Å². The lowest BCUT2D eigenvalue weighted by molar-refractivity contribution is 0.366. The predicted molar refractivity (Wildman–Crippen MR) is 39.5 cm³/mol. The Kier molecular flexibility index (Phi) is 1.71. The molecule has 0 heterocycles. The minimum atomic E-state index is -0.644. The first-order valence-corrected chi connectivity index (χ1v) is 3.73.